The first-order chi connectivity index (χ1) is 9.47. The fourth-order valence-corrected chi connectivity index (χ4v) is 2.19. The zero-order valence-electron chi connectivity index (χ0n) is 12.3. The third kappa shape index (κ3) is 5.13. The molecule has 1 amide bonds. The van der Waals surface area contributed by atoms with Gasteiger partial charge in [-0.2, -0.15) is 0 Å². The number of benzene rings is 1. The minimum Gasteiger partial charge on any atom is -0.480 e. The van der Waals surface area contributed by atoms with Gasteiger partial charge >= 0.3 is 0 Å². The van der Waals surface area contributed by atoms with E-state index in [1.807, 2.05) is 32.0 Å². The van der Waals surface area contributed by atoms with Crippen molar-refractivity contribution in [2.24, 2.45) is 5.73 Å². The van der Waals surface area contributed by atoms with Gasteiger partial charge in [0.2, 0.25) is 0 Å². The van der Waals surface area contributed by atoms with Crippen molar-refractivity contribution in [3.05, 3.63) is 28.2 Å². The molecule has 1 aromatic rings. The molecule has 1 aromatic carbocycles. The highest BCUT2D eigenvalue weighted by Gasteiger charge is 2.17. The van der Waals surface area contributed by atoms with Gasteiger partial charge < -0.3 is 15.8 Å². The normalized spacial score (nSPS) is 13.7. The molecule has 0 aliphatic rings. The summed E-state index contributed by atoms with van der Waals surface area (Å²) >= 11 is 3.46. The van der Waals surface area contributed by atoms with Crippen LogP contribution in [0.5, 0.6) is 5.75 Å². The second kappa shape index (κ2) is 8.27. The van der Waals surface area contributed by atoms with Crippen molar-refractivity contribution in [3.8, 4) is 5.75 Å². The lowest BCUT2D eigenvalue weighted by atomic mass is 10.1. The predicted molar refractivity (Wildman–Crippen MR) is 84.9 cm³/mol. The van der Waals surface area contributed by atoms with Crippen molar-refractivity contribution in [2.45, 2.75) is 45.8 Å². The molecular formula is C15H23BrN2O2. The average Bonchev–Trinajstić information content (AvgIpc) is 2.41. The molecule has 0 aliphatic heterocycles. The quantitative estimate of drug-likeness (QED) is 0.800. The largest absolute Gasteiger partial charge is 0.480 e. The van der Waals surface area contributed by atoms with Gasteiger partial charge in [0.05, 0.1) is 4.47 Å². The summed E-state index contributed by atoms with van der Waals surface area (Å²) in [5.74, 6) is 0.565. The van der Waals surface area contributed by atoms with Crippen LogP contribution in [0.25, 0.3) is 0 Å². The number of hydrogen-bond acceptors (Lipinski definition) is 3. The molecule has 5 heteroatoms. The number of amides is 1. The molecule has 0 fully saturated rings. The fourth-order valence-electron chi connectivity index (χ4n) is 1.67. The van der Waals surface area contributed by atoms with Gasteiger partial charge in [0.25, 0.3) is 5.91 Å². The number of hydrogen-bond donors (Lipinski definition) is 2. The molecule has 0 aliphatic carbocycles. The molecule has 2 unspecified atom stereocenters. The number of nitrogens with one attached hydrogen (secondary N) is 1. The molecule has 3 N–H and O–H groups in total. The topological polar surface area (TPSA) is 64.3 Å². The van der Waals surface area contributed by atoms with Crippen molar-refractivity contribution < 1.29 is 9.53 Å². The SMILES string of the molecule is CCC(C)NC(=O)C(C)Oc1ccc(CCN)cc1Br. The third-order valence-corrected chi connectivity index (χ3v) is 3.72. The molecule has 0 aromatic heterocycles. The molecule has 0 radical (unpaired) electrons. The van der Waals surface area contributed by atoms with Crippen LogP contribution >= 0.6 is 15.9 Å². The second-order valence-electron chi connectivity index (χ2n) is 4.88. The Morgan fingerprint density at radius 1 is 1.45 bits per heavy atom. The lowest BCUT2D eigenvalue weighted by Gasteiger charge is -2.18. The Balaban J connectivity index is 2.65. The summed E-state index contributed by atoms with van der Waals surface area (Å²) in [6.07, 6.45) is 1.19. The summed E-state index contributed by atoms with van der Waals surface area (Å²) in [6.45, 7) is 6.36. The highest BCUT2D eigenvalue weighted by atomic mass is 79.9. The third-order valence-electron chi connectivity index (χ3n) is 3.10. The van der Waals surface area contributed by atoms with E-state index in [0.29, 0.717) is 12.3 Å². The molecule has 1 rings (SSSR count). The predicted octanol–water partition coefficient (Wildman–Crippen LogP) is 2.63. The highest BCUT2D eigenvalue weighted by molar-refractivity contribution is 9.10. The Labute approximate surface area is 129 Å². The Morgan fingerprint density at radius 2 is 2.15 bits per heavy atom. The molecule has 112 valence electrons. The highest BCUT2D eigenvalue weighted by Crippen LogP contribution is 2.27. The molecule has 2 atom stereocenters. The number of ether oxygens (including phenoxy) is 1. The first-order valence-corrected chi connectivity index (χ1v) is 7.72. The molecule has 0 saturated carbocycles. The summed E-state index contributed by atoms with van der Waals surface area (Å²) in [7, 11) is 0. The summed E-state index contributed by atoms with van der Waals surface area (Å²) in [5, 5.41) is 2.90. The lowest BCUT2D eigenvalue weighted by Crippen LogP contribution is -2.41. The molecule has 4 nitrogen and oxygen atoms in total. The van der Waals surface area contributed by atoms with Gasteiger partial charge in [-0.25, -0.2) is 0 Å². The minimum absolute atomic E-state index is 0.0997. The van der Waals surface area contributed by atoms with E-state index in [4.69, 9.17) is 10.5 Å². The van der Waals surface area contributed by atoms with Gasteiger partial charge in [0, 0.05) is 6.04 Å². The zero-order valence-corrected chi connectivity index (χ0v) is 13.9. The Hall–Kier alpha value is -1.07. The summed E-state index contributed by atoms with van der Waals surface area (Å²) < 4.78 is 6.53. The number of halogens is 1. The van der Waals surface area contributed by atoms with E-state index in [2.05, 4.69) is 21.2 Å². The van der Waals surface area contributed by atoms with Crippen LogP contribution < -0.4 is 15.8 Å². The van der Waals surface area contributed by atoms with Crippen molar-refractivity contribution in [2.75, 3.05) is 6.54 Å². The number of carbonyl (C=O) groups is 1. The van der Waals surface area contributed by atoms with Gasteiger partial charge in [-0.1, -0.05) is 13.0 Å². The Morgan fingerprint density at radius 3 is 2.70 bits per heavy atom. The average molecular weight is 343 g/mol. The molecule has 0 spiro atoms. The van der Waals surface area contributed by atoms with E-state index in [1.165, 1.54) is 0 Å². The van der Waals surface area contributed by atoms with Gasteiger partial charge in [0.1, 0.15) is 5.75 Å². The van der Waals surface area contributed by atoms with E-state index in [1.54, 1.807) is 6.92 Å². The van der Waals surface area contributed by atoms with Crippen LogP contribution in [0.15, 0.2) is 22.7 Å². The van der Waals surface area contributed by atoms with Crippen molar-refractivity contribution in [3.63, 3.8) is 0 Å². The lowest BCUT2D eigenvalue weighted by molar-refractivity contribution is -0.127. The molecule has 0 heterocycles. The van der Waals surface area contributed by atoms with Crippen LogP contribution in [-0.4, -0.2) is 24.6 Å². The zero-order chi connectivity index (χ0) is 15.1. The maximum absolute atomic E-state index is 11.9. The first kappa shape index (κ1) is 17.0. The van der Waals surface area contributed by atoms with Crippen LogP contribution in [-0.2, 0) is 11.2 Å². The Kier molecular flexibility index (Phi) is 7.02. The number of carbonyl (C=O) groups excluding carboxylic acids is 1. The van der Waals surface area contributed by atoms with Gasteiger partial charge in [-0.3, -0.25) is 4.79 Å². The van der Waals surface area contributed by atoms with E-state index in [0.717, 1.165) is 22.9 Å². The number of rotatable bonds is 7. The van der Waals surface area contributed by atoms with E-state index < -0.39 is 6.10 Å². The summed E-state index contributed by atoms with van der Waals surface area (Å²) in [5.41, 5.74) is 6.67. The van der Waals surface area contributed by atoms with Crippen LogP contribution in [0, 0.1) is 0 Å². The maximum Gasteiger partial charge on any atom is 0.260 e. The van der Waals surface area contributed by atoms with Crippen LogP contribution in [0.4, 0.5) is 0 Å². The monoisotopic (exact) mass is 342 g/mol. The standard InChI is InChI=1S/C15H23BrN2O2/c1-4-10(2)18-15(19)11(3)20-14-6-5-12(7-8-17)9-13(14)16/h5-6,9-11H,4,7-8,17H2,1-3H3,(H,18,19). The summed E-state index contributed by atoms with van der Waals surface area (Å²) in [4.78, 5) is 11.9. The van der Waals surface area contributed by atoms with Crippen molar-refractivity contribution in [1.82, 2.24) is 5.32 Å². The maximum atomic E-state index is 11.9. The molecular weight excluding hydrogens is 320 g/mol. The molecule has 20 heavy (non-hydrogen) atoms. The van der Waals surface area contributed by atoms with Crippen LogP contribution in [0.1, 0.15) is 32.8 Å². The molecule has 0 bridgehead atoms. The van der Waals surface area contributed by atoms with Crippen LogP contribution in [0.3, 0.4) is 0 Å². The first-order valence-electron chi connectivity index (χ1n) is 6.93. The summed E-state index contributed by atoms with van der Waals surface area (Å²) in [6, 6.07) is 5.96. The van der Waals surface area contributed by atoms with Gasteiger partial charge in [0.15, 0.2) is 6.10 Å². The van der Waals surface area contributed by atoms with Crippen molar-refractivity contribution in [1.29, 1.82) is 0 Å². The van der Waals surface area contributed by atoms with Gasteiger partial charge in [-0.15, -0.1) is 0 Å². The van der Waals surface area contributed by atoms with E-state index in [9.17, 15) is 4.79 Å². The van der Waals surface area contributed by atoms with E-state index >= 15 is 0 Å². The van der Waals surface area contributed by atoms with Gasteiger partial charge in [-0.05, 0) is 66.9 Å². The minimum atomic E-state index is -0.527. The molecule has 0 saturated heterocycles. The fraction of sp³-hybridized carbons (Fsp3) is 0.533. The van der Waals surface area contributed by atoms with E-state index in [-0.39, 0.29) is 11.9 Å². The smallest absolute Gasteiger partial charge is 0.260 e. The Bertz CT molecular complexity index is 451. The second-order valence-corrected chi connectivity index (χ2v) is 5.74. The number of nitrogens with two attached hydrogens (primary N) is 1. The van der Waals surface area contributed by atoms with Crippen molar-refractivity contribution >= 4 is 21.8 Å². The van der Waals surface area contributed by atoms with Crippen LogP contribution in [0.2, 0.25) is 0 Å².